The van der Waals surface area contributed by atoms with E-state index in [-0.39, 0.29) is 10.8 Å². The highest BCUT2D eigenvalue weighted by Crippen LogP contribution is 2.23. The maximum atomic E-state index is 12.6. The highest BCUT2D eigenvalue weighted by molar-refractivity contribution is 8.00. The van der Waals surface area contributed by atoms with Crippen molar-refractivity contribution in [2.24, 2.45) is 0 Å². The number of halogens is 2. The fourth-order valence-electron chi connectivity index (χ4n) is 0.712. The molecule has 0 aromatic heterocycles. The molecule has 1 rings (SSSR count). The Hall–Kier alpha value is -0.740. The third-order valence-corrected chi connectivity index (χ3v) is 2.52. The molecule has 0 atom stereocenters. The number of carboxylic acid groups (broad SMARTS) is 1. The quantitative estimate of drug-likeness (QED) is 0.796. The first-order valence-corrected chi connectivity index (χ1v) is 4.75. The third-order valence-electron chi connectivity index (χ3n) is 1.25. The highest BCUT2D eigenvalue weighted by atomic mass is 35.5. The highest BCUT2D eigenvalue weighted by Gasteiger charge is 2.03. The minimum Gasteiger partial charge on any atom is -0.481 e. The van der Waals surface area contributed by atoms with E-state index in [0.29, 0.717) is 4.90 Å². The fraction of sp³-hybridized carbons (Fsp3) is 0.125. The molecule has 0 heterocycles. The van der Waals surface area contributed by atoms with E-state index in [4.69, 9.17) is 16.7 Å². The minimum absolute atomic E-state index is 0.00962. The lowest BCUT2D eigenvalue weighted by Crippen LogP contribution is -1.97. The smallest absolute Gasteiger partial charge is 0.313 e. The summed E-state index contributed by atoms with van der Waals surface area (Å²) >= 11 is 6.59. The van der Waals surface area contributed by atoms with E-state index < -0.39 is 11.8 Å². The number of carbonyl (C=O) groups is 1. The van der Waals surface area contributed by atoms with Gasteiger partial charge in [-0.1, -0.05) is 11.6 Å². The van der Waals surface area contributed by atoms with Crippen molar-refractivity contribution >= 4 is 29.3 Å². The minimum atomic E-state index is -0.912. The Balaban J connectivity index is 2.68. The first-order chi connectivity index (χ1) is 6.09. The van der Waals surface area contributed by atoms with Gasteiger partial charge in [0.05, 0.1) is 10.8 Å². The third kappa shape index (κ3) is 3.24. The summed E-state index contributed by atoms with van der Waals surface area (Å²) in [5, 5.41) is 8.38. The SMILES string of the molecule is O=C(O)CSc1ccc(F)c(Cl)c1. The summed E-state index contributed by atoms with van der Waals surface area (Å²) in [4.78, 5) is 10.8. The number of benzene rings is 1. The van der Waals surface area contributed by atoms with E-state index >= 15 is 0 Å². The van der Waals surface area contributed by atoms with Gasteiger partial charge < -0.3 is 5.11 Å². The van der Waals surface area contributed by atoms with Crippen LogP contribution in [0.4, 0.5) is 4.39 Å². The maximum Gasteiger partial charge on any atom is 0.313 e. The van der Waals surface area contributed by atoms with Gasteiger partial charge in [0, 0.05) is 4.90 Å². The van der Waals surface area contributed by atoms with Gasteiger partial charge in [0.25, 0.3) is 0 Å². The molecule has 0 unspecified atom stereocenters. The van der Waals surface area contributed by atoms with Gasteiger partial charge in [-0.3, -0.25) is 4.79 Å². The molecule has 0 bridgehead atoms. The van der Waals surface area contributed by atoms with E-state index in [2.05, 4.69) is 0 Å². The van der Waals surface area contributed by atoms with Gasteiger partial charge >= 0.3 is 5.97 Å². The summed E-state index contributed by atoms with van der Waals surface area (Å²) in [5.74, 6) is -1.46. The first-order valence-electron chi connectivity index (χ1n) is 3.39. The summed E-state index contributed by atoms with van der Waals surface area (Å²) in [5.41, 5.74) is 0. The molecule has 0 aliphatic rings. The van der Waals surface area contributed by atoms with Crippen LogP contribution in [0.15, 0.2) is 23.1 Å². The summed E-state index contributed by atoms with van der Waals surface area (Å²) in [6.07, 6.45) is 0. The molecule has 0 aliphatic heterocycles. The van der Waals surface area contributed by atoms with Crippen LogP contribution in [0.1, 0.15) is 0 Å². The second kappa shape index (κ2) is 4.48. The summed E-state index contributed by atoms with van der Waals surface area (Å²) in [6.45, 7) is 0. The second-order valence-corrected chi connectivity index (χ2v) is 3.71. The molecule has 0 saturated carbocycles. The first kappa shape index (κ1) is 10.3. The van der Waals surface area contributed by atoms with Crippen LogP contribution in [0.5, 0.6) is 0 Å². The Kier molecular flexibility index (Phi) is 3.57. The second-order valence-electron chi connectivity index (χ2n) is 2.26. The summed E-state index contributed by atoms with van der Waals surface area (Å²) in [7, 11) is 0. The number of hydrogen-bond donors (Lipinski definition) is 1. The van der Waals surface area contributed by atoms with Crippen molar-refractivity contribution in [1.82, 2.24) is 0 Å². The number of aliphatic carboxylic acids is 1. The maximum absolute atomic E-state index is 12.6. The van der Waals surface area contributed by atoms with Crippen molar-refractivity contribution in [3.05, 3.63) is 29.0 Å². The molecule has 1 N–H and O–H groups in total. The number of hydrogen-bond acceptors (Lipinski definition) is 2. The molecular weight excluding hydrogens is 215 g/mol. The fourth-order valence-corrected chi connectivity index (χ4v) is 1.61. The Morgan fingerprint density at radius 2 is 2.31 bits per heavy atom. The molecule has 0 radical (unpaired) electrons. The Morgan fingerprint density at radius 3 is 2.85 bits per heavy atom. The van der Waals surface area contributed by atoms with Gasteiger partial charge in [-0.2, -0.15) is 0 Å². The van der Waals surface area contributed by atoms with Gasteiger partial charge in [-0.25, -0.2) is 4.39 Å². The van der Waals surface area contributed by atoms with Crippen LogP contribution in [0.2, 0.25) is 5.02 Å². The molecule has 70 valence electrons. The zero-order valence-electron chi connectivity index (χ0n) is 6.46. The Labute approximate surface area is 83.7 Å². The Morgan fingerprint density at radius 1 is 1.62 bits per heavy atom. The average Bonchev–Trinajstić information content (AvgIpc) is 2.07. The summed E-state index contributed by atoms with van der Waals surface area (Å²) in [6, 6.07) is 4.12. The molecule has 1 aromatic rings. The van der Waals surface area contributed by atoms with Crippen molar-refractivity contribution in [2.45, 2.75) is 4.90 Å². The van der Waals surface area contributed by atoms with Gasteiger partial charge in [0.2, 0.25) is 0 Å². The van der Waals surface area contributed by atoms with Crippen LogP contribution < -0.4 is 0 Å². The van der Waals surface area contributed by atoms with E-state index in [1.54, 1.807) is 0 Å². The molecule has 0 saturated heterocycles. The molecule has 1 aromatic carbocycles. The van der Waals surface area contributed by atoms with Gasteiger partial charge in [-0.05, 0) is 18.2 Å². The van der Waals surface area contributed by atoms with E-state index in [1.165, 1.54) is 18.2 Å². The average molecular weight is 221 g/mol. The molecule has 0 fully saturated rings. The van der Waals surface area contributed by atoms with Crippen molar-refractivity contribution in [3.63, 3.8) is 0 Å². The molecule has 2 nitrogen and oxygen atoms in total. The van der Waals surface area contributed by atoms with Crippen molar-refractivity contribution in [3.8, 4) is 0 Å². The van der Waals surface area contributed by atoms with Gasteiger partial charge in [0.15, 0.2) is 0 Å². The molecule has 13 heavy (non-hydrogen) atoms. The molecule has 0 amide bonds. The van der Waals surface area contributed by atoms with E-state index in [1.807, 2.05) is 0 Å². The molecule has 0 spiro atoms. The van der Waals surface area contributed by atoms with Crippen molar-refractivity contribution < 1.29 is 14.3 Å². The lowest BCUT2D eigenvalue weighted by Gasteiger charge is -1.99. The molecule has 5 heteroatoms. The number of rotatable bonds is 3. The van der Waals surface area contributed by atoms with Crippen LogP contribution in [0.3, 0.4) is 0 Å². The van der Waals surface area contributed by atoms with Gasteiger partial charge in [0.1, 0.15) is 5.82 Å². The largest absolute Gasteiger partial charge is 0.481 e. The predicted molar refractivity (Wildman–Crippen MR) is 49.8 cm³/mol. The van der Waals surface area contributed by atoms with Crippen molar-refractivity contribution in [2.75, 3.05) is 5.75 Å². The van der Waals surface area contributed by atoms with E-state index in [0.717, 1.165) is 11.8 Å². The van der Waals surface area contributed by atoms with Crippen LogP contribution >= 0.6 is 23.4 Å². The normalized spacial score (nSPS) is 10.0. The Bertz CT molecular complexity index is 330. The van der Waals surface area contributed by atoms with Crippen LogP contribution in [0.25, 0.3) is 0 Å². The monoisotopic (exact) mass is 220 g/mol. The van der Waals surface area contributed by atoms with Crippen LogP contribution in [0, 0.1) is 5.82 Å². The van der Waals surface area contributed by atoms with E-state index in [9.17, 15) is 9.18 Å². The van der Waals surface area contributed by atoms with Gasteiger partial charge in [-0.15, -0.1) is 11.8 Å². The van der Waals surface area contributed by atoms with Crippen LogP contribution in [-0.4, -0.2) is 16.8 Å². The molecular formula is C8H6ClFO2S. The topological polar surface area (TPSA) is 37.3 Å². The lowest BCUT2D eigenvalue weighted by atomic mass is 10.3. The standard InChI is InChI=1S/C8H6ClFO2S/c9-6-3-5(1-2-7(6)10)13-4-8(11)12/h1-3H,4H2,(H,11,12). The van der Waals surface area contributed by atoms with Crippen LogP contribution in [-0.2, 0) is 4.79 Å². The number of thioether (sulfide) groups is 1. The van der Waals surface area contributed by atoms with Crippen molar-refractivity contribution in [1.29, 1.82) is 0 Å². The summed E-state index contributed by atoms with van der Waals surface area (Å²) < 4.78 is 12.6. The predicted octanol–water partition coefficient (Wildman–Crippen LogP) is 2.66. The lowest BCUT2D eigenvalue weighted by molar-refractivity contribution is -0.133. The number of carboxylic acids is 1. The molecule has 0 aliphatic carbocycles. The zero-order chi connectivity index (χ0) is 9.84. The zero-order valence-corrected chi connectivity index (χ0v) is 8.03.